The molecule has 4 heteroatoms. The number of rotatable bonds is 5. The maximum atomic E-state index is 4.27. The first-order chi connectivity index (χ1) is 8.24. The number of hydrogen-bond donors (Lipinski definition) is 1. The molecular formula is C13H19N3S. The fraction of sp³-hybridized carbons (Fsp3) is 0.462. The van der Waals surface area contributed by atoms with Crippen LogP contribution in [0.1, 0.15) is 35.5 Å². The number of aryl methyl sites for hydroxylation is 2. The van der Waals surface area contributed by atoms with Crippen molar-refractivity contribution in [3.05, 3.63) is 39.8 Å². The van der Waals surface area contributed by atoms with Crippen molar-refractivity contribution in [1.82, 2.24) is 15.1 Å². The second kappa shape index (κ2) is 5.47. The lowest BCUT2D eigenvalue weighted by molar-refractivity contribution is 0.553. The van der Waals surface area contributed by atoms with Gasteiger partial charge in [0.2, 0.25) is 0 Å². The van der Waals surface area contributed by atoms with Crippen LogP contribution in [-0.2, 0) is 7.05 Å². The van der Waals surface area contributed by atoms with Crippen LogP contribution in [0.4, 0.5) is 0 Å². The SMILES string of the molecule is CCCNC(c1ccsc1C)c1ccnn1C. The zero-order chi connectivity index (χ0) is 12.3. The smallest absolute Gasteiger partial charge is 0.0758 e. The van der Waals surface area contributed by atoms with Crippen LogP contribution >= 0.6 is 11.3 Å². The van der Waals surface area contributed by atoms with Gasteiger partial charge in [0.1, 0.15) is 0 Å². The molecule has 3 nitrogen and oxygen atoms in total. The quantitative estimate of drug-likeness (QED) is 0.883. The van der Waals surface area contributed by atoms with Crippen LogP contribution in [0.2, 0.25) is 0 Å². The highest BCUT2D eigenvalue weighted by Gasteiger charge is 2.18. The summed E-state index contributed by atoms with van der Waals surface area (Å²) in [6.07, 6.45) is 3.00. The van der Waals surface area contributed by atoms with Gasteiger partial charge in [0, 0.05) is 18.1 Å². The van der Waals surface area contributed by atoms with Crippen molar-refractivity contribution in [2.24, 2.45) is 7.05 Å². The van der Waals surface area contributed by atoms with Gasteiger partial charge in [0.25, 0.3) is 0 Å². The van der Waals surface area contributed by atoms with Crippen molar-refractivity contribution < 1.29 is 0 Å². The molecule has 2 rings (SSSR count). The van der Waals surface area contributed by atoms with E-state index >= 15 is 0 Å². The molecular weight excluding hydrogens is 230 g/mol. The predicted octanol–water partition coefficient (Wildman–Crippen LogP) is 2.88. The summed E-state index contributed by atoms with van der Waals surface area (Å²) >= 11 is 1.80. The lowest BCUT2D eigenvalue weighted by atomic mass is 10.0. The molecule has 2 aromatic rings. The van der Waals surface area contributed by atoms with E-state index in [1.807, 2.05) is 17.9 Å². The molecule has 0 saturated heterocycles. The van der Waals surface area contributed by atoms with Crippen LogP contribution in [0.3, 0.4) is 0 Å². The number of hydrogen-bond acceptors (Lipinski definition) is 3. The monoisotopic (exact) mass is 249 g/mol. The van der Waals surface area contributed by atoms with Gasteiger partial charge in [-0.3, -0.25) is 4.68 Å². The Morgan fingerprint density at radius 3 is 2.82 bits per heavy atom. The Balaban J connectivity index is 2.32. The Kier molecular flexibility index (Phi) is 3.97. The molecule has 1 N–H and O–H groups in total. The summed E-state index contributed by atoms with van der Waals surface area (Å²) in [5.41, 5.74) is 2.59. The molecule has 2 heterocycles. The van der Waals surface area contributed by atoms with Gasteiger partial charge in [-0.15, -0.1) is 11.3 Å². The number of thiophene rings is 1. The largest absolute Gasteiger partial charge is 0.305 e. The third kappa shape index (κ3) is 2.58. The minimum Gasteiger partial charge on any atom is -0.305 e. The Bertz CT molecular complexity index is 432. The first kappa shape index (κ1) is 12.3. The Labute approximate surface area is 106 Å². The fourth-order valence-corrected chi connectivity index (χ4v) is 2.76. The van der Waals surface area contributed by atoms with Crippen molar-refractivity contribution >= 4 is 11.3 Å². The normalized spacial score (nSPS) is 12.9. The average molecular weight is 249 g/mol. The first-order valence-electron chi connectivity index (χ1n) is 5.99. The van der Waals surface area contributed by atoms with Gasteiger partial charge >= 0.3 is 0 Å². The molecule has 0 radical (unpaired) electrons. The summed E-state index contributed by atoms with van der Waals surface area (Å²) in [6, 6.07) is 4.55. The van der Waals surface area contributed by atoms with E-state index in [0.29, 0.717) is 0 Å². The topological polar surface area (TPSA) is 29.9 Å². The molecule has 92 valence electrons. The van der Waals surface area contributed by atoms with Gasteiger partial charge in [-0.05, 0) is 43.0 Å². The van der Waals surface area contributed by atoms with Gasteiger partial charge in [-0.2, -0.15) is 5.10 Å². The van der Waals surface area contributed by atoms with Crippen molar-refractivity contribution in [2.45, 2.75) is 26.3 Å². The average Bonchev–Trinajstić information content (AvgIpc) is 2.90. The minimum atomic E-state index is 0.258. The first-order valence-corrected chi connectivity index (χ1v) is 6.87. The van der Waals surface area contributed by atoms with Gasteiger partial charge in [-0.25, -0.2) is 0 Å². The summed E-state index contributed by atoms with van der Waals surface area (Å²) < 4.78 is 1.95. The van der Waals surface area contributed by atoms with Crippen LogP contribution in [0.25, 0.3) is 0 Å². The summed E-state index contributed by atoms with van der Waals surface area (Å²) in [6.45, 7) is 5.38. The molecule has 0 aliphatic heterocycles. The molecule has 17 heavy (non-hydrogen) atoms. The molecule has 0 fully saturated rings. The number of nitrogens with one attached hydrogen (secondary N) is 1. The second-order valence-electron chi connectivity index (χ2n) is 4.20. The predicted molar refractivity (Wildman–Crippen MR) is 72.4 cm³/mol. The maximum Gasteiger partial charge on any atom is 0.0758 e. The second-order valence-corrected chi connectivity index (χ2v) is 5.32. The fourth-order valence-electron chi connectivity index (χ4n) is 2.02. The van der Waals surface area contributed by atoms with E-state index in [1.54, 1.807) is 11.3 Å². The molecule has 2 aromatic heterocycles. The molecule has 1 atom stereocenters. The molecule has 0 amide bonds. The molecule has 1 unspecified atom stereocenters. The van der Waals surface area contributed by atoms with E-state index in [9.17, 15) is 0 Å². The van der Waals surface area contributed by atoms with Gasteiger partial charge in [-0.1, -0.05) is 6.92 Å². The summed E-state index contributed by atoms with van der Waals surface area (Å²) in [5.74, 6) is 0. The third-order valence-corrected chi connectivity index (χ3v) is 3.82. The van der Waals surface area contributed by atoms with E-state index < -0.39 is 0 Å². The van der Waals surface area contributed by atoms with Crippen LogP contribution < -0.4 is 5.32 Å². The van der Waals surface area contributed by atoms with E-state index in [4.69, 9.17) is 0 Å². The van der Waals surface area contributed by atoms with Gasteiger partial charge < -0.3 is 5.32 Å². The van der Waals surface area contributed by atoms with Crippen molar-refractivity contribution in [3.8, 4) is 0 Å². The van der Waals surface area contributed by atoms with E-state index in [1.165, 1.54) is 16.1 Å². The van der Waals surface area contributed by atoms with Crippen LogP contribution in [0, 0.1) is 6.92 Å². The number of nitrogens with zero attached hydrogens (tertiary/aromatic N) is 2. The third-order valence-electron chi connectivity index (χ3n) is 2.96. The highest BCUT2D eigenvalue weighted by atomic mass is 32.1. The zero-order valence-corrected chi connectivity index (χ0v) is 11.4. The Hall–Kier alpha value is -1.13. The standard InChI is InChI=1S/C13H19N3S/c1-4-7-14-13(11-6-9-17-10(11)2)12-5-8-15-16(12)3/h5-6,8-9,13-14H,4,7H2,1-3H3. The molecule has 0 aliphatic rings. The van der Waals surface area contributed by atoms with Crippen LogP contribution in [0.5, 0.6) is 0 Å². The van der Waals surface area contributed by atoms with Crippen LogP contribution in [0.15, 0.2) is 23.7 Å². The van der Waals surface area contributed by atoms with Gasteiger partial charge in [0.05, 0.1) is 11.7 Å². The lowest BCUT2D eigenvalue weighted by Gasteiger charge is -2.19. The molecule has 0 spiro atoms. The van der Waals surface area contributed by atoms with E-state index in [2.05, 4.69) is 41.8 Å². The number of aromatic nitrogens is 2. The maximum absolute atomic E-state index is 4.27. The van der Waals surface area contributed by atoms with E-state index in [0.717, 1.165) is 13.0 Å². The van der Waals surface area contributed by atoms with Crippen molar-refractivity contribution in [2.75, 3.05) is 6.54 Å². The highest BCUT2D eigenvalue weighted by Crippen LogP contribution is 2.27. The molecule has 0 bridgehead atoms. The Morgan fingerprint density at radius 1 is 1.47 bits per heavy atom. The Morgan fingerprint density at radius 2 is 2.29 bits per heavy atom. The van der Waals surface area contributed by atoms with Crippen LogP contribution in [-0.4, -0.2) is 16.3 Å². The van der Waals surface area contributed by atoms with Crippen molar-refractivity contribution in [1.29, 1.82) is 0 Å². The lowest BCUT2D eigenvalue weighted by Crippen LogP contribution is -2.25. The zero-order valence-electron chi connectivity index (χ0n) is 10.6. The van der Waals surface area contributed by atoms with Gasteiger partial charge in [0.15, 0.2) is 0 Å². The summed E-state index contributed by atoms with van der Waals surface area (Å²) in [5, 5.41) is 10.0. The molecule has 0 aromatic carbocycles. The highest BCUT2D eigenvalue weighted by molar-refractivity contribution is 7.10. The van der Waals surface area contributed by atoms with Crippen molar-refractivity contribution in [3.63, 3.8) is 0 Å². The minimum absolute atomic E-state index is 0.258. The summed E-state index contributed by atoms with van der Waals surface area (Å²) in [7, 11) is 2.00. The van der Waals surface area contributed by atoms with E-state index in [-0.39, 0.29) is 6.04 Å². The molecule has 0 aliphatic carbocycles. The molecule has 0 saturated carbocycles. The summed E-state index contributed by atoms with van der Waals surface area (Å²) in [4.78, 5) is 1.37.